The molecule has 0 spiro atoms. The van der Waals surface area contributed by atoms with Crippen LogP contribution in [0.3, 0.4) is 0 Å². The van der Waals surface area contributed by atoms with Gasteiger partial charge in [-0.2, -0.15) is 0 Å². The van der Waals surface area contributed by atoms with Gasteiger partial charge in [0.15, 0.2) is 13.2 Å². The first-order valence-corrected chi connectivity index (χ1v) is 11.1. The lowest BCUT2D eigenvalue weighted by Gasteiger charge is -2.47. The van der Waals surface area contributed by atoms with Crippen molar-refractivity contribution in [2.45, 2.75) is 46.1 Å². The summed E-state index contributed by atoms with van der Waals surface area (Å²) in [6.45, 7) is 7.12. The van der Waals surface area contributed by atoms with Crippen molar-refractivity contribution < 1.29 is 19.1 Å². The Balaban J connectivity index is 1.48. The van der Waals surface area contributed by atoms with Crippen molar-refractivity contribution in [3.8, 4) is 11.5 Å². The zero-order valence-corrected chi connectivity index (χ0v) is 19.2. The molecule has 0 aliphatic heterocycles. The van der Waals surface area contributed by atoms with Crippen molar-refractivity contribution in [1.82, 2.24) is 10.6 Å². The van der Waals surface area contributed by atoms with Gasteiger partial charge < -0.3 is 20.1 Å². The number of amides is 2. The van der Waals surface area contributed by atoms with Gasteiger partial charge in [-0.3, -0.25) is 9.59 Å². The van der Waals surface area contributed by atoms with Crippen LogP contribution in [-0.4, -0.2) is 37.6 Å². The summed E-state index contributed by atoms with van der Waals surface area (Å²) >= 11 is 0. The second-order valence-electron chi connectivity index (χ2n) is 9.80. The Kier molecular flexibility index (Phi) is 7.78. The van der Waals surface area contributed by atoms with E-state index in [0.29, 0.717) is 18.0 Å². The minimum Gasteiger partial charge on any atom is -0.484 e. The molecular weight excluding hydrogens is 404 g/mol. The molecule has 6 heteroatoms. The fraction of sp³-hybridized carbons (Fsp3) is 0.462. The number of carbonyl (C=O) groups is 2. The van der Waals surface area contributed by atoms with Crippen molar-refractivity contribution in [3.63, 3.8) is 0 Å². The molecular formula is C26H34N2O4. The molecule has 2 atom stereocenters. The summed E-state index contributed by atoms with van der Waals surface area (Å²) in [4.78, 5) is 24.8. The lowest BCUT2D eigenvalue weighted by molar-refractivity contribution is -0.126. The van der Waals surface area contributed by atoms with Crippen LogP contribution in [0.2, 0.25) is 0 Å². The van der Waals surface area contributed by atoms with E-state index in [1.807, 2.05) is 60.7 Å². The monoisotopic (exact) mass is 438 g/mol. The number of benzene rings is 2. The van der Waals surface area contributed by atoms with Gasteiger partial charge in [-0.25, -0.2) is 0 Å². The maximum atomic E-state index is 12.5. The summed E-state index contributed by atoms with van der Waals surface area (Å²) in [5.41, 5.74) is -0.0705. The number of nitrogens with one attached hydrogen (secondary N) is 2. The van der Waals surface area contributed by atoms with Gasteiger partial charge in [-0.05, 0) is 54.4 Å². The van der Waals surface area contributed by atoms with Crippen LogP contribution in [0.25, 0.3) is 0 Å². The van der Waals surface area contributed by atoms with Crippen LogP contribution in [0.5, 0.6) is 11.5 Å². The zero-order valence-electron chi connectivity index (χ0n) is 19.2. The third-order valence-corrected chi connectivity index (χ3v) is 5.75. The maximum absolute atomic E-state index is 12.5. The third-order valence-electron chi connectivity index (χ3n) is 5.75. The Bertz CT molecular complexity index is 885. The molecule has 2 aromatic carbocycles. The van der Waals surface area contributed by atoms with Gasteiger partial charge in [0, 0.05) is 12.6 Å². The highest BCUT2D eigenvalue weighted by Crippen LogP contribution is 2.45. The fourth-order valence-electron chi connectivity index (χ4n) is 4.83. The molecule has 0 unspecified atom stereocenters. The largest absolute Gasteiger partial charge is 0.484 e. The van der Waals surface area contributed by atoms with Crippen LogP contribution >= 0.6 is 0 Å². The smallest absolute Gasteiger partial charge is 0.258 e. The van der Waals surface area contributed by atoms with E-state index in [1.165, 1.54) is 0 Å². The Morgan fingerprint density at radius 2 is 1.38 bits per heavy atom. The van der Waals surface area contributed by atoms with Gasteiger partial charge >= 0.3 is 0 Å². The first-order valence-electron chi connectivity index (χ1n) is 11.1. The van der Waals surface area contributed by atoms with Crippen LogP contribution < -0.4 is 20.1 Å². The Labute approximate surface area is 190 Å². The fourth-order valence-corrected chi connectivity index (χ4v) is 4.83. The molecule has 2 amide bonds. The molecule has 3 rings (SSSR count). The molecule has 1 aliphatic rings. The normalized spacial score (nSPS) is 21.9. The van der Waals surface area contributed by atoms with E-state index >= 15 is 0 Å². The van der Waals surface area contributed by atoms with E-state index in [2.05, 4.69) is 31.4 Å². The molecule has 0 aromatic heterocycles. The highest BCUT2D eigenvalue weighted by atomic mass is 16.5. The average molecular weight is 439 g/mol. The second kappa shape index (κ2) is 10.5. The van der Waals surface area contributed by atoms with E-state index in [0.717, 1.165) is 19.3 Å². The van der Waals surface area contributed by atoms with Crippen LogP contribution in [0, 0.1) is 10.8 Å². The molecule has 172 valence electrons. The molecule has 32 heavy (non-hydrogen) atoms. The number of para-hydroxylation sites is 2. The van der Waals surface area contributed by atoms with E-state index < -0.39 is 0 Å². The van der Waals surface area contributed by atoms with Gasteiger partial charge in [0.2, 0.25) is 0 Å². The van der Waals surface area contributed by atoms with Gasteiger partial charge in [0.1, 0.15) is 11.5 Å². The van der Waals surface area contributed by atoms with Crippen LogP contribution in [-0.2, 0) is 9.59 Å². The minimum atomic E-state index is -0.143. The van der Waals surface area contributed by atoms with Crippen LogP contribution in [0.4, 0.5) is 0 Å². The standard InChI is InChI=1S/C26H34N2O4/c1-25(2)14-20(28-24(30)17-32-22-12-8-5-9-13-22)15-26(3,18-25)19-27-23(29)16-31-21-10-6-4-7-11-21/h4-13,20H,14-19H2,1-3H3,(H,27,29)(H,28,30)/t20-,26-/m1/s1. The summed E-state index contributed by atoms with van der Waals surface area (Å²) in [7, 11) is 0. The predicted octanol–water partition coefficient (Wildman–Crippen LogP) is 3.96. The number of rotatable bonds is 9. The average Bonchev–Trinajstić information content (AvgIpc) is 2.75. The van der Waals surface area contributed by atoms with Gasteiger partial charge in [0.05, 0.1) is 0 Å². The van der Waals surface area contributed by atoms with Crippen molar-refractivity contribution in [2.24, 2.45) is 10.8 Å². The lowest BCUT2D eigenvalue weighted by atomic mass is 9.62. The summed E-state index contributed by atoms with van der Waals surface area (Å²) in [6.07, 6.45) is 2.66. The third kappa shape index (κ3) is 7.59. The van der Waals surface area contributed by atoms with Crippen molar-refractivity contribution >= 4 is 11.8 Å². The van der Waals surface area contributed by atoms with E-state index in [9.17, 15) is 9.59 Å². The zero-order chi connectivity index (χ0) is 23.0. The number of ether oxygens (including phenoxy) is 2. The van der Waals surface area contributed by atoms with E-state index in [1.54, 1.807) is 0 Å². The molecule has 0 heterocycles. The minimum absolute atomic E-state index is 0.00871. The first-order chi connectivity index (χ1) is 15.2. The topological polar surface area (TPSA) is 76.7 Å². The molecule has 0 saturated heterocycles. The maximum Gasteiger partial charge on any atom is 0.258 e. The molecule has 1 fully saturated rings. The lowest BCUT2D eigenvalue weighted by Crippen LogP contribution is -2.51. The summed E-state index contributed by atoms with van der Waals surface area (Å²) in [5, 5.41) is 6.15. The van der Waals surface area contributed by atoms with E-state index in [-0.39, 0.29) is 41.9 Å². The van der Waals surface area contributed by atoms with E-state index in [4.69, 9.17) is 9.47 Å². The SMILES string of the molecule is CC1(C)C[C@@H](NC(=O)COc2ccccc2)C[C@@](C)(CNC(=O)COc2ccccc2)C1. The molecule has 2 N–H and O–H groups in total. The Morgan fingerprint density at radius 3 is 1.94 bits per heavy atom. The van der Waals surface area contributed by atoms with Gasteiger partial charge in [0.25, 0.3) is 11.8 Å². The first kappa shape index (κ1) is 23.6. The number of hydrogen-bond acceptors (Lipinski definition) is 4. The quantitative estimate of drug-likeness (QED) is 0.621. The highest BCUT2D eigenvalue weighted by molar-refractivity contribution is 5.78. The Morgan fingerprint density at radius 1 is 0.844 bits per heavy atom. The molecule has 0 bridgehead atoms. The summed E-state index contributed by atoms with van der Waals surface area (Å²) in [6, 6.07) is 18.7. The molecule has 1 saturated carbocycles. The predicted molar refractivity (Wildman–Crippen MR) is 125 cm³/mol. The van der Waals surface area contributed by atoms with Crippen molar-refractivity contribution in [1.29, 1.82) is 0 Å². The second-order valence-corrected chi connectivity index (χ2v) is 9.80. The summed E-state index contributed by atoms with van der Waals surface area (Å²) < 4.78 is 11.1. The van der Waals surface area contributed by atoms with Crippen LogP contribution in [0.15, 0.2) is 60.7 Å². The molecule has 2 aromatic rings. The summed E-state index contributed by atoms with van der Waals surface area (Å²) in [5.74, 6) is 1.08. The molecule has 0 radical (unpaired) electrons. The molecule has 6 nitrogen and oxygen atoms in total. The van der Waals surface area contributed by atoms with Crippen LogP contribution in [0.1, 0.15) is 40.0 Å². The van der Waals surface area contributed by atoms with Gasteiger partial charge in [-0.15, -0.1) is 0 Å². The number of carbonyl (C=O) groups excluding carboxylic acids is 2. The van der Waals surface area contributed by atoms with Crippen molar-refractivity contribution in [3.05, 3.63) is 60.7 Å². The van der Waals surface area contributed by atoms with Crippen molar-refractivity contribution in [2.75, 3.05) is 19.8 Å². The highest BCUT2D eigenvalue weighted by Gasteiger charge is 2.41. The Hall–Kier alpha value is -3.02. The molecule has 1 aliphatic carbocycles. The van der Waals surface area contributed by atoms with Gasteiger partial charge in [-0.1, -0.05) is 57.2 Å². The number of hydrogen-bond donors (Lipinski definition) is 2.